The standard InChI is InChI=1S/C44H84O16P2/c1-4-5-18-24-36(45)28-29-40-39(41(47)30-42(40)48)25-20-16-17-22-27-44(50)60-38(34-59-62(54,55)58-32-37(46)31-57-61(51,52)53)33-56-43(49)26-21-15-13-11-9-7-6-8-10-12-14-19-23-35(2)3/h28-29,35-42,45-48H,4-27,30-34H2,1-3H3,(H,54,55)(H2,51,52,53)/b29-28+/t36-,37-,38+,39+,40+,41-,42+/m0/s1. The number of aliphatic hydroxyl groups is 4. The zero-order valence-corrected chi connectivity index (χ0v) is 39.8. The molecule has 0 spiro atoms. The molecule has 1 unspecified atom stereocenters. The number of carbonyl (C=O) groups excluding carboxylic acids is 2. The van der Waals surface area contributed by atoms with Crippen molar-refractivity contribution in [1.82, 2.24) is 0 Å². The fourth-order valence-electron chi connectivity index (χ4n) is 7.57. The molecule has 1 rings (SSSR count). The lowest BCUT2D eigenvalue weighted by Crippen LogP contribution is -2.30. The summed E-state index contributed by atoms with van der Waals surface area (Å²) < 4.78 is 47.9. The van der Waals surface area contributed by atoms with E-state index < -0.39 is 84.5 Å². The first-order valence-corrected chi connectivity index (χ1v) is 26.5. The van der Waals surface area contributed by atoms with Crippen molar-refractivity contribution in [3.8, 4) is 0 Å². The van der Waals surface area contributed by atoms with Crippen LogP contribution in [0.1, 0.15) is 181 Å². The predicted molar refractivity (Wildman–Crippen MR) is 237 cm³/mol. The molecular formula is C44H84O16P2. The average molecular weight is 931 g/mol. The Labute approximate surface area is 371 Å². The van der Waals surface area contributed by atoms with E-state index in [2.05, 4.69) is 29.8 Å². The maximum absolute atomic E-state index is 12.8. The largest absolute Gasteiger partial charge is 0.472 e. The molecule has 0 aromatic carbocycles. The first-order valence-electron chi connectivity index (χ1n) is 23.5. The molecule has 0 saturated heterocycles. The van der Waals surface area contributed by atoms with E-state index in [4.69, 9.17) is 23.8 Å². The molecule has 0 amide bonds. The molecular weight excluding hydrogens is 846 g/mol. The summed E-state index contributed by atoms with van der Waals surface area (Å²) in [5, 5.41) is 41.2. The lowest BCUT2D eigenvalue weighted by Gasteiger charge is -2.21. The van der Waals surface area contributed by atoms with Gasteiger partial charge in [-0.2, -0.15) is 0 Å². The van der Waals surface area contributed by atoms with Crippen molar-refractivity contribution < 1.29 is 76.9 Å². The molecule has 16 nitrogen and oxygen atoms in total. The number of phosphoric acid groups is 2. The molecule has 18 heteroatoms. The summed E-state index contributed by atoms with van der Waals surface area (Å²) in [7, 11) is -9.76. The zero-order chi connectivity index (χ0) is 46.2. The monoisotopic (exact) mass is 931 g/mol. The van der Waals surface area contributed by atoms with E-state index in [1.165, 1.54) is 57.8 Å². The van der Waals surface area contributed by atoms with Gasteiger partial charge in [-0.15, -0.1) is 0 Å². The van der Waals surface area contributed by atoms with Gasteiger partial charge in [0.25, 0.3) is 0 Å². The highest BCUT2D eigenvalue weighted by atomic mass is 31.2. The van der Waals surface area contributed by atoms with Gasteiger partial charge in [0.1, 0.15) is 12.7 Å². The second kappa shape index (κ2) is 35.0. The molecule has 0 aromatic rings. The van der Waals surface area contributed by atoms with Crippen LogP contribution in [0.5, 0.6) is 0 Å². The highest BCUT2D eigenvalue weighted by molar-refractivity contribution is 7.47. The smallest absolute Gasteiger partial charge is 0.462 e. The number of ether oxygens (including phenoxy) is 2. The van der Waals surface area contributed by atoms with Gasteiger partial charge in [0.05, 0.1) is 38.1 Å². The van der Waals surface area contributed by atoms with Gasteiger partial charge in [-0.3, -0.25) is 23.2 Å². The maximum atomic E-state index is 12.8. The third-order valence-electron chi connectivity index (χ3n) is 11.2. The lowest BCUT2D eigenvalue weighted by atomic mass is 9.88. The van der Waals surface area contributed by atoms with Crippen molar-refractivity contribution in [2.24, 2.45) is 17.8 Å². The quantitative estimate of drug-likeness (QED) is 0.0132. The summed E-state index contributed by atoms with van der Waals surface area (Å²) in [6.07, 6.45) is 21.3. The first kappa shape index (κ1) is 58.8. The van der Waals surface area contributed by atoms with E-state index in [1.54, 1.807) is 6.08 Å². The van der Waals surface area contributed by atoms with Crippen LogP contribution in [0.2, 0.25) is 0 Å². The second-order valence-electron chi connectivity index (χ2n) is 17.5. The van der Waals surface area contributed by atoms with Gasteiger partial charge in [0, 0.05) is 25.2 Å². The first-order chi connectivity index (χ1) is 29.4. The van der Waals surface area contributed by atoms with E-state index in [0.717, 1.165) is 57.3 Å². The van der Waals surface area contributed by atoms with Crippen LogP contribution < -0.4 is 0 Å². The van der Waals surface area contributed by atoms with Crippen molar-refractivity contribution in [2.45, 2.75) is 212 Å². The second-order valence-corrected chi connectivity index (χ2v) is 20.2. The molecule has 0 bridgehead atoms. The Morgan fingerprint density at radius 2 is 1.16 bits per heavy atom. The molecule has 62 heavy (non-hydrogen) atoms. The van der Waals surface area contributed by atoms with E-state index in [9.17, 15) is 44.0 Å². The molecule has 366 valence electrons. The molecule has 1 aliphatic carbocycles. The van der Waals surface area contributed by atoms with E-state index >= 15 is 0 Å². The number of esters is 2. The van der Waals surface area contributed by atoms with Crippen LogP contribution in [0, 0.1) is 17.8 Å². The summed E-state index contributed by atoms with van der Waals surface area (Å²) in [6, 6.07) is 0. The van der Waals surface area contributed by atoms with Crippen LogP contribution in [0.15, 0.2) is 12.2 Å². The highest BCUT2D eigenvalue weighted by Crippen LogP contribution is 2.44. The highest BCUT2D eigenvalue weighted by Gasteiger charge is 2.39. The van der Waals surface area contributed by atoms with E-state index in [1.807, 2.05) is 6.08 Å². The van der Waals surface area contributed by atoms with Gasteiger partial charge < -0.3 is 44.6 Å². The van der Waals surface area contributed by atoms with Crippen LogP contribution in [-0.4, -0.2) is 104 Å². The Kier molecular flexibility index (Phi) is 33.2. The number of carbonyl (C=O) groups is 2. The normalized spacial score (nSPS) is 20.7. The summed E-state index contributed by atoms with van der Waals surface area (Å²) in [6.45, 7) is 3.75. The van der Waals surface area contributed by atoms with Crippen LogP contribution in [-0.2, 0) is 41.8 Å². The van der Waals surface area contributed by atoms with Gasteiger partial charge in [0.2, 0.25) is 0 Å². The number of aliphatic hydroxyl groups excluding tert-OH is 4. The van der Waals surface area contributed by atoms with Crippen LogP contribution in [0.25, 0.3) is 0 Å². The zero-order valence-electron chi connectivity index (χ0n) is 38.0. The Bertz CT molecular complexity index is 1280. The minimum Gasteiger partial charge on any atom is -0.462 e. The van der Waals surface area contributed by atoms with Crippen LogP contribution >= 0.6 is 15.6 Å². The molecule has 0 aliphatic heterocycles. The van der Waals surface area contributed by atoms with Gasteiger partial charge in [-0.25, -0.2) is 9.13 Å². The van der Waals surface area contributed by atoms with Gasteiger partial charge in [-0.1, -0.05) is 148 Å². The number of unbranched alkanes of at least 4 members (excludes halogenated alkanes) is 16. The maximum Gasteiger partial charge on any atom is 0.472 e. The summed E-state index contributed by atoms with van der Waals surface area (Å²) in [4.78, 5) is 53.0. The van der Waals surface area contributed by atoms with E-state index in [0.29, 0.717) is 32.1 Å². The molecule has 1 aliphatic rings. The van der Waals surface area contributed by atoms with Crippen molar-refractivity contribution in [2.75, 3.05) is 26.4 Å². The van der Waals surface area contributed by atoms with E-state index in [-0.39, 0.29) is 31.1 Å². The van der Waals surface area contributed by atoms with Gasteiger partial charge >= 0.3 is 27.6 Å². The molecule has 8 atom stereocenters. The third-order valence-corrected chi connectivity index (χ3v) is 12.6. The molecule has 0 radical (unpaired) electrons. The lowest BCUT2D eigenvalue weighted by molar-refractivity contribution is -0.161. The van der Waals surface area contributed by atoms with Crippen LogP contribution in [0.4, 0.5) is 0 Å². The molecule has 0 heterocycles. The number of hydrogen-bond acceptors (Lipinski definition) is 13. The van der Waals surface area contributed by atoms with Crippen molar-refractivity contribution >= 4 is 27.6 Å². The Hall–Kier alpha value is -1.26. The third kappa shape index (κ3) is 32.4. The number of rotatable bonds is 40. The van der Waals surface area contributed by atoms with Crippen molar-refractivity contribution in [1.29, 1.82) is 0 Å². The summed E-state index contributed by atoms with van der Waals surface area (Å²) >= 11 is 0. The fourth-order valence-corrected chi connectivity index (χ4v) is 8.73. The molecule has 0 aromatic heterocycles. The molecule has 7 N–H and O–H groups in total. The van der Waals surface area contributed by atoms with Crippen molar-refractivity contribution in [3.63, 3.8) is 0 Å². The SMILES string of the molecule is CCCCC[C@H](O)/C=C/[C@@H]1[C@@H](CCCCCCC(=O)O[C@H](COC(=O)CCCCCCCCCCCCCCC(C)C)COP(=O)(O)OC[C@@H](O)COP(=O)(O)O)[C@@H](O)C[C@H]1O. The Morgan fingerprint density at radius 3 is 1.74 bits per heavy atom. The van der Waals surface area contributed by atoms with Crippen LogP contribution in [0.3, 0.4) is 0 Å². The van der Waals surface area contributed by atoms with Crippen molar-refractivity contribution in [3.05, 3.63) is 12.2 Å². The topological polar surface area (TPSA) is 256 Å². The molecule has 1 saturated carbocycles. The fraction of sp³-hybridized carbons (Fsp3) is 0.909. The average Bonchev–Trinajstić information content (AvgIpc) is 3.47. The summed E-state index contributed by atoms with van der Waals surface area (Å²) in [5.41, 5.74) is 0. The number of hydrogen-bond donors (Lipinski definition) is 7. The molecule has 1 fully saturated rings. The van der Waals surface area contributed by atoms with Gasteiger partial charge in [0.15, 0.2) is 6.10 Å². The minimum atomic E-state index is -4.89. The Balaban J connectivity index is 2.52. The predicted octanol–water partition coefficient (Wildman–Crippen LogP) is 8.36. The minimum absolute atomic E-state index is 0.00792. The Morgan fingerprint density at radius 1 is 0.645 bits per heavy atom. The summed E-state index contributed by atoms with van der Waals surface area (Å²) in [5.74, 6) is -0.767. The number of phosphoric ester groups is 2. The van der Waals surface area contributed by atoms with Gasteiger partial charge in [-0.05, 0) is 37.5 Å².